The highest BCUT2D eigenvalue weighted by atomic mass is 32.1. The van der Waals surface area contributed by atoms with Gasteiger partial charge in [0.15, 0.2) is 5.82 Å². The molecule has 34 heavy (non-hydrogen) atoms. The highest BCUT2D eigenvalue weighted by Gasteiger charge is 2.20. The normalized spacial score (nSPS) is 13.8. The van der Waals surface area contributed by atoms with Crippen LogP contribution in [0.1, 0.15) is 24.2 Å². The summed E-state index contributed by atoms with van der Waals surface area (Å²) in [5.74, 6) is 2.01. The topological polar surface area (TPSA) is 132 Å². The van der Waals surface area contributed by atoms with Crippen molar-refractivity contribution in [3.05, 3.63) is 72.5 Å². The molecule has 12 nitrogen and oxygen atoms in total. The Morgan fingerprint density at radius 1 is 1.26 bits per heavy atom. The molecule has 0 aliphatic carbocycles. The van der Waals surface area contributed by atoms with E-state index in [0.717, 1.165) is 30.3 Å². The predicted octanol–water partition coefficient (Wildman–Crippen LogP) is 2.03. The van der Waals surface area contributed by atoms with Gasteiger partial charge >= 0.3 is 0 Å². The Morgan fingerprint density at radius 2 is 2.21 bits per heavy atom. The summed E-state index contributed by atoms with van der Waals surface area (Å²) in [5.41, 5.74) is 1.22. The van der Waals surface area contributed by atoms with Crippen LogP contribution in [0.15, 0.2) is 61.1 Å². The summed E-state index contributed by atoms with van der Waals surface area (Å²) in [7, 11) is 0. The van der Waals surface area contributed by atoms with Crippen LogP contribution >= 0.6 is 11.5 Å². The number of hydrogen-bond donors (Lipinski definition) is 2. The van der Waals surface area contributed by atoms with Crippen LogP contribution in [0.4, 0.5) is 5.13 Å². The number of benzene rings is 1. The Kier molecular flexibility index (Phi) is 7.01. The van der Waals surface area contributed by atoms with Crippen molar-refractivity contribution >= 4 is 16.7 Å². The molecule has 13 heteroatoms. The van der Waals surface area contributed by atoms with Crippen LogP contribution in [0.5, 0.6) is 0 Å². The lowest BCUT2D eigenvalue weighted by Gasteiger charge is -2.24. The van der Waals surface area contributed by atoms with E-state index < -0.39 is 0 Å². The van der Waals surface area contributed by atoms with Crippen molar-refractivity contribution in [3.8, 4) is 5.95 Å². The van der Waals surface area contributed by atoms with E-state index in [1.165, 1.54) is 17.1 Å². The van der Waals surface area contributed by atoms with Gasteiger partial charge in [0, 0.05) is 49.5 Å². The molecule has 4 heterocycles. The average Bonchev–Trinajstić information content (AvgIpc) is 3.68. The van der Waals surface area contributed by atoms with E-state index in [9.17, 15) is 0 Å². The third kappa shape index (κ3) is 5.74. The van der Waals surface area contributed by atoms with E-state index in [1.807, 2.05) is 24.4 Å². The van der Waals surface area contributed by atoms with Crippen molar-refractivity contribution in [1.82, 2.24) is 44.8 Å². The number of imidazole rings is 1. The molecule has 0 saturated carbocycles. The van der Waals surface area contributed by atoms with Gasteiger partial charge in [0.25, 0.3) is 0 Å². The van der Waals surface area contributed by atoms with Gasteiger partial charge in [-0.2, -0.15) is 14.6 Å². The fraction of sp³-hybridized carbons (Fsp3) is 0.333. The average molecular weight is 481 g/mol. The molecule has 3 aromatic heterocycles. The third-order valence-corrected chi connectivity index (χ3v) is 6.06. The zero-order chi connectivity index (χ0) is 23.0. The smallest absolute Gasteiger partial charge is 0.248 e. The molecule has 176 valence electrons. The fourth-order valence-corrected chi connectivity index (χ4v) is 4.24. The zero-order valence-corrected chi connectivity index (χ0v) is 19.1. The number of aromatic amines is 1. The van der Waals surface area contributed by atoms with Gasteiger partial charge < -0.3 is 19.7 Å². The van der Waals surface area contributed by atoms with E-state index in [4.69, 9.17) is 14.5 Å². The number of nitrogens with zero attached hydrogens (tertiary/aromatic N) is 8. The Labute approximate surface area is 199 Å². The first-order valence-electron chi connectivity index (χ1n) is 10.8. The Bertz CT molecular complexity index is 1160. The van der Waals surface area contributed by atoms with Crippen molar-refractivity contribution in [1.29, 1.82) is 0 Å². The molecule has 2 N–H and O–H groups in total. The van der Waals surface area contributed by atoms with E-state index in [1.54, 1.807) is 23.4 Å². The summed E-state index contributed by atoms with van der Waals surface area (Å²) in [5, 5.41) is 18.9. The number of rotatable bonds is 12. The number of hydrogen-bond acceptors (Lipinski definition) is 11. The summed E-state index contributed by atoms with van der Waals surface area (Å²) in [6.07, 6.45) is 8.43. The van der Waals surface area contributed by atoms with Gasteiger partial charge in [-0.3, -0.25) is 4.57 Å². The summed E-state index contributed by atoms with van der Waals surface area (Å²) >= 11 is 1.33. The van der Waals surface area contributed by atoms with Crippen LogP contribution in [0.25, 0.3) is 5.95 Å². The van der Waals surface area contributed by atoms with E-state index in [-0.39, 0.29) is 12.8 Å². The molecule has 0 radical (unpaired) electrons. The second-order valence-electron chi connectivity index (χ2n) is 7.67. The lowest BCUT2D eigenvalue weighted by Crippen LogP contribution is -2.34. The van der Waals surface area contributed by atoms with Crippen LogP contribution in [-0.2, 0) is 22.6 Å². The standard InChI is InChI=1S/C21H24N10O2S/c1-2-4-16(5-3-1)11-23-17(10-18-13-32-15-33-18)6-8-30(12-19-25-28-29-26-19)21-24-20(27-34-21)31-9-7-22-14-31/h1-5,7,9,13-14,17,23H,6,8,10-12,15H2,(H,25,26,28,29). The highest BCUT2D eigenvalue weighted by molar-refractivity contribution is 7.09. The molecule has 1 aliphatic rings. The SMILES string of the molecule is C1=C(CC(CCN(Cc2nn[nH]n2)c2nc(-n3ccnc3)ns2)NCc2ccccc2)OCO1. The minimum Gasteiger partial charge on any atom is -0.462 e. The minimum atomic E-state index is 0.155. The lowest BCUT2D eigenvalue weighted by molar-refractivity contribution is 0.0762. The van der Waals surface area contributed by atoms with Crippen LogP contribution in [0, 0.1) is 0 Å². The molecule has 1 unspecified atom stereocenters. The van der Waals surface area contributed by atoms with Gasteiger partial charge in [0.05, 0.1) is 6.54 Å². The molecular formula is C21H24N10O2S. The summed E-state index contributed by atoms with van der Waals surface area (Å²) in [4.78, 5) is 10.9. The van der Waals surface area contributed by atoms with E-state index >= 15 is 0 Å². The van der Waals surface area contributed by atoms with Crippen LogP contribution in [0.3, 0.4) is 0 Å². The summed E-state index contributed by atoms with van der Waals surface area (Å²) in [6, 6.07) is 10.5. The molecule has 1 aromatic carbocycles. The largest absolute Gasteiger partial charge is 0.462 e. The number of H-pyrrole nitrogens is 1. The van der Waals surface area contributed by atoms with E-state index in [2.05, 4.69) is 52.3 Å². The molecule has 0 saturated heterocycles. The number of nitrogens with one attached hydrogen (secondary N) is 2. The van der Waals surface area contributed by atoms with Crippen LogP contribution in [0.2, 0.25) is 0 Å². The monoisotopic (exact) mass is 480 g/mol. The van der Waals surface area contributed by atoms with Crippen molar-refractivity contribution in [3.63, 3.8) is 0 Å². The first-order chi connectivity index (χ1) is 16.8. The van der Waals surface area contributed by atoms with Crippen molar-refractivity contribution < 1.29 is 9.47 Å². The highest BCUT2D eigenvalue weighted by Crippen LogP contribution is 2.23. The van der Waals surface area contributed by atoms with Crippen molar-refractivity contribution in [2.45, 2.75) is 32.0 Å². The Morgan fingerprint density at radius 3 is 2.97 bits per heavy atom. The Hall–Kier alpha value is -3.84. The molecule has 5 rings (SSSR count). The maximum absolute atomic E-state index is 5.58. The van der Waals surface area contributed by atoms with Crippen LogP contribution < -0.4 is 10.2 Å². The molecule has 0 spiro atoms. The summed E-state index contributed by atoms with van der Waals surface area (Å²) in [6.45, 7) is 2.19. The van der Waals surface area contributed by atoms with Gasteiger partial charge in [-0.05, 0) is 12.0 Å². The first-order valence-corrected chi connectivity index (χ1v) is 11.6. The van der Waals surface area contributed by atoms with Gasteiger partial charge in [0.1, 0.15) is 18.3 Å². The predicted molar refractivity (Wildman–Crippen MR) is 124 cm³/mol. The summed E-state index contributed by atoms with van der Waals surface area (Å²) < 4.78 is 17.1. The van der Waals surface area contributed by atoms with Crippen LogP contribution in [-0.4, -0.2) is 58.9 Å². The van der Waals surface area contributed by atoms with Gasteiger partial charge in [0.2, 0.25) is 17.9 Å². The van der Waals surface area contributed by atoms with Gasteiger partial charge in [-0.1, -0.05) is 35.5 Å². The molecule has 1 aliphatic heterocycles. The number of anilines is 1. The Balaban J connectivity index is 1.29. The van der Waals surface area contributed by atoms with Crippen molar-refractivity contribution in [2.75, 3.05) is 18.2 Å². The second kappa shape index (κ2) is 10.9. The number of aromatic nitrogens is 8. The fourth-order valence-electron chi connectivity index (χ4n) is 3.55. The van der Waals surface area contributed by atoms with E-state index in [0.29, 0.717) is 24.9 Å². The maximum atomic E-state index is 5.58. The molecule has 0 bridgehead atoms. The zero-order valence-electron chi connectivity index (χ0n) is 18.3. The molecule has 4 aromatic rings. The quantitative estimate of drug-likeness (QED) is 0.310. The second-order valence-corrected chi connectivity index (χ2v) is 8.40. The van der Waals surface area contributed by atoms with Crippen molar-refractivity contribution in [2.24, 2.45) is 0 Å². The van der Waals surface area contributed by atoms with Gasteiger partial charge in [-0.25, -0.2) is 4.98 Å². The molecule has 0 fully saturated rings. The third-order valence-electron chi connectivity index (χ3n) is 5.29. The maximum Gasteiger partial charge on any atom is 0.248 e. The minimum absolute atomic E-state index is 0.155. The molecule has 1 atom stereocenters. The molecule has 0 amide bonds. The lowest BCUT2D eigenvalue weighted by atomic mass is 10.1. The molecular weight excluding hydrogens is 456 g/mol. The number of ether oxygens (including phenoxy) is 2. The number of tetrazole rings is 1. The first kappa shape index (κ1) is 22.0. The van der Waals surface area contributed by atoms with Gasteiger partial charge in [-0.15, -0.1) is 10.2 Å².